The van der Waals surface area contributed by atoms with Crippen LogP contribution in [-0.2, 0) is 4.79 Å². The van der Waals surface area contributed by atoms with E-state index in [0.29, 0.717) is 30.1 Å². The second-order valence-corrected chi connectivity index (χ2v) is 6.93. The summed E-state index contributed by atoms with van der Waals surface area (Å²) in [5.41, 5.74) is 2.33. The first kappa shape index (κ1) is 15.9. The molecule has 25 heavy (non-hydrogen) atoms. The van der Waals surface area contributed by atoms with Crippen molar-refractivity contribution in [2.45, 2.75) is 37.6 Å². The van der Waals surface area contributed by atoms with Crippen LogP contribution in [0, 0.1) is 5.92 Å². The fourth-order valence-corrected chi connectivity index (χ4v) is 3.33. The van der Waals surface area contributed by atoms with Gasteiger partial charge in [0.1, 0.15) is 5.75 Å². The van der Waals surface area contributed by atoms with Crippen molar-refractivity contribution < 1.29 is 19.4 Å². The van der Waals surface area contributed by atoms with E-state index >= 15 is 0 Å². The number of methoxy groups -OCH3 is 1. The molecule has 0 spiro atoms. The number of carbonyl (C=O) groups excluding carboxylic acids is 1. The Morgan fingerprint density at radius 3 is 2.64 bits per heavy atom. The maximum Gasteiger partial charge on any atom is 0.306 e. The molecule has 2 N–H and O–H groups in total. The molecule has 130 valence electrons. The van der Waals surface area contributed by atoms with Gasteiger partial charge in [0.15, 0.2) is 0 Å². The van der Waals surface area contributed by atoms with Gasteiger partial charge in [-0.05, 0) is 49.9 Å². The maximum atomic E-state index is 12.8. The molecule has 2 aliphatic carbocycles. The van der Waals surface area contributed by atoms with Crippen molar-refractivity contribution in [3.8, 4) is 5.75 Å². The van der Waals surface area contributed by atoms with Gasteiger partial charge in [-0.2, -0.15) is 0 Å². The molecular formula is C19H20N2O4. The summed E-state index contributed by atoms with van der Waals surface area (Å²) in [6.45, 7) is 0. The maximum absolute atomic E-state index is 12.8. The van der Waals surface area contributed by atoms with Crippen LogP contribution in [0.4, 0.5) is 0 Å². The summed E-state index contributed by atoms with van der Waals surface area (Å²) >= 11 is 0. The van der Waals surface area contributed by atoms with E-state index in [-0.39, 0.29) is 17.9 Å². The number of amides is 1. The number of benzene rings is 1. The van der Waals surface area contributed by atoms with E-state index in [9.17, 15) is 9.59 Å². The predicted octanol–water partition coefficient (Wildman–Crippen LogP) is 2.71. The van der Waals surface area contributed by atoms with Gasteiger partial charge < -0.3 is 15.2 Å². The summed E-state index contributed by atoms with van der Waals surface area (Å²) in [7, 11) is 1.59. The molecular weight excluding hydrogens is 320 g/mol. The Morgan fingerprint density at radius 2 is 2.00 bits per heavy atom. The number of carbonyl (C=O) groups is 2. The van der Waals surface area contributed by atoms with E-state index in [1.165, 1.54) is 0 Å². The first-order valence-corrected chi connectivity index (χ1v) is 8.57. The number of carboxylic acid groups (broad SMARTS) is 1. The van der Waals surface area contributed by atoms with Gasteiger partial charge in [-0.1, -0.05) is 0 Å². The lowest BCUT2D eigenvalue weighted by molar-refractivity contribution is -0.145. The van der Waals surface area contributed by atoms with Crippen LogP contribution in [0.2, 0.25) is 0 Å². The number of nitrogens with one attached hydrogen (secondary N) is 1. The molecule has 2 saturated carbocycles. The molecule has 2 aromatic rings. The van der Waals surface area contributed by atoms with Crippen LogP contribution in [0.1, 0.15) is 47.7 Å². The van der Waals surface area contributed by atoms with Crippen molar-refractivity contribution in [2.24, 2.45) is 5.92 Å². The molecule has 0 aliphatic heterocycles. The average molecular weight is 340 g/mol. The number of pyridine rings is 1. The second kappa shape index (κ2) is 6.02. The van der Waals surface area contributed by atoms with Crippen molar-refractivity contribution in [2.75, 3.05) is 7.11 Å². The third-order valence-electron chi connectivity index (χ3n) is 5.10. The molecule has 0 radical (unpaired) electrons. The van der Waals surface area contributed by atoms with Gasteiger partial charge in [0.05, 0.1) is 24.1 Å². The zero-order chi connectivity index (χ0) is 17.6. The molecule has 6 heteroatoms. The van der Waals surface area contributed by atoms with Gasteiger partial charge >= 0.3 is 5.97 Å². The SMILES string of the molecule is COc1ccc2nc(C3CC3)cc(C(=O)NC3CC(C(=O)O)C3)c2c1. The summed E-state index contributed by atoms with van der Waals surface area (Å²) in [6.07, 6.45) is 3.20. The molecule has 1 aromatic carbocycles. The zero-order valence-electron chi connectivity index (χ0n) is 14.0. The first-order valence-electron chi connectivity index (χ1n) is 8.57. The van der Waals surface area contributed by atoms with Gasteiger partial charge in [-0.3, -0.25) is 14.6 Å². The summed E-state index contributed by atoms with van der Waals surface area (Å²) in [6, 6.07) is 7.35. The molecule has 6 nitrogen and oxygen atoms in total. The van der Waals surface area contributed by atoms with Gasteiger partial charge in [-0.15, -0.1) is 0 Å². The van der Waals surface area contributed by atoms with Crippen LogP contribution in [-0.4, -0.2) is 35.1 Å². The summed E-state index contributed by atoms with van der Waals surface area (Å²) in [5, 5.41) is 12.7. The van der Waals surface area contributed by atoms with Crippen LogP contribution in [0.25, 0.3) is 10.9 Å². The Kier molecular flexibility index (Phi) is 3.82. The van der Waals surface area contributed by atoms with Gasteiger partial charge in [0, 0.05) is 23.0 Å². The molecule has 0 atom stereocenters. The van der Waals surface area contributed by atoms with Crippen molar-refractivity contribution >= 4 is 22.8 Å². The highest BCUT2D eigenvalue weighted by molar-refractivity contribution is 6.06. The highest BCUT2D eigenvalue weighted by Gasteiger charge is 2.36. The molecule has 0 bridgehead atoms. The van der Waals surface area contributed by atoms with E-state index < -0.39 is 5.97 Å². The molecule has 1 aromatic heterocycles. The van der Waals surface area contributed by atoms with Crippen molar-refractivity contribution in [1.82, 2.24) is 10.3 Å². The fourth-order valence-electron chi connectivity index (χ4n) is 3.33. The number of rotatable bonds is 5. The number of hydrogen-bond donors (Lipinski definition) is 2. The number of carboxylic acids is 1. The van der Waals surface area contributed by atoms with Crippen LogP contribution in [0.5, 0.6) is 5.75 Å². The smallest absolute Gasteiger partial charge is 0.306 e. The number of aliphatic carboxylic acids is 1. The first-order chi connectivity index (χ1) is 12.0. The summed E-state index contributed by atoms with van der Waals surface area (Å²) in [4.78, 5) is 28.4. The minimum Gasteiger partial charge on any atom is -0.497 e. The minimum atomic E-state index is -0.791. The third-order valence-corrected chi connectivity index (χ3v) is 5.10. The Morgan fingerprint density at radius 1 is 1.24 bits per heavy atom. The number of fused-ring (bicyclic) bond motifs is 1. The summed E-state index contributed by atoms with van der Waals surface area (Å²) < 4.78 is 5.28. The van der Waals surface area contributed by atoms with E-state index in [1.54, 1.807) is 7.11 Å². The molecule has 2 fully saturated rings. The van der Waals surface area contributed by atoms with Crippen LogP contribution in [0.15, 0.2) is 24.3 Å². The average Bonchev–Trinajstić information content (AvgIpc) is 3.40. The van der Waals surface area contributed by atoms with E-state index in [4.69, 9.17) is 14.8 Å². The number of nitrogens with zero attached hydrogens (tertiary/aromatic N) is 1. The topological polar surface area (TPSA) is 88.5 Å². The van der Waals surface area contributed by atoms with Crippen molar-refractivity contribution in [1.29, 1.82) is 0 Å². The fraction of sp³-hybridized carbons (Fsp3) is 0.421. The lowest BCUT2D eigenvalue weighted by Crippen LogP contribution is -2.46. The molecule has 4 rings (SSSR count). The predicted molar refractivity (Wildman–Crippen MR) is 91.9 cm³/mol. The number of hydrogen-bond acceptors (Lipinski definition) is 4. The van der Waals surface area contributed by atoms with Crippen molar-refractivity contribution in [3.05, 3.63) is 35.5 Å². The van der Waals surface area contributed by atoms with Crippen LogP contribution in [0.3, 0.4) is 0 Å². The molecule has 2 aliphatic rings. The highest BCUT2D eigenvalue weighted by Crippen LogP contribution is 2.40. The molecule has 0 unspecified atom stereocenters. The van der Waals surface area contributed by atoms with Crippen LogP contribution >= 0.6 is 0 Å². The Labute approximate surface area is 145 Å². The van der Waals surface area contributed by atoms with Crippen molar-refractivity contribution in [3.63, 3.8) is 0 Å². The Bertz CT molecular complexity index is 854. The van der Waals surface area contributed by atoms with E-state index in [2.05, 4.69) is 5.32 Å². The van der Waals surface area contributed by atoms with E-state index in [1.807, 2.05) is 24.3 Å². The van der Waals surface area contributed by atoms with Gasteiger partial charge in [0.25, 0.3) is 5.91 Å². The molecule has 0 saturated heterocycles. The quantitative estimate of drug-likeness (QED) is 0.874. The number of ether oxygens (including phenoxy) is 1. The normalized spacial score (nSPS) is 22.3. The van der Waals surface area contributed by atoms with E-state index in [0.717, 1.165) is 29.4 Å². The van der Waals surface area contributed by atoms with Gasteiger partial charge in [0.2, 0.25) is 0 Å². The summed E-state index contributed by atoms with van der Waals surface area (Å²) in [5.74, 6) is -0.186. The standard InChI is InChI=1S/C19H20N2O4/c1-25-13-4-5-16-14(8-13)15(9-17(21-16)10-2-3-10)18(22)20-12-6-11(7-12)19(23)24/h4-5,8-12H,2-3,6-7H2,1H3,(H,20,22)(H,23,24). The monoisotopic (exact) mass is 340 g/mol. The largest absolute Gasteiger partial charge is 0.497 e. The van der Waals surface area contributed by atoms with Gasteiger partial charge in [-0.25, -0.2) is 0 Å². The van der Waals surface area contributed by atoms with Crippen LogP contribution < -0.4 is 10.1 Å². The molecule has 1 amide bonds. The Hall–Kier alpha value is -2.63. The lowest BCUT2D eigenvalue weighted by Gasteiger charge is -2.32. The third kappa shape index (κ3) is 3.04. The molecule has 1 heterocycles. The lowest BCUT2D eigenvalue weighted by atomic mass is 9.80. The highest BCUT2D eigenvalue weighted by atomic mass is 16.5. The Balaban J connectivity index is 1.64. The second-order valence-electron chi connectivity index (χ2n) is 6.93. The minimum absolute atomic E-state index is 0.0770. The number of aromatic nitrogens is 1. The zero-order valence-corrected chi connectivity index (χ0v) is 14.0.